The second-order valence-corrected chi connectivity index (χ2v) is 27.7. The number of carboxylic acids is 1. The third-order valence-electron chi connectivity index (χ3n) is 17.6. The van der Waals surface area contributed by atoms with Gasteiger partial charge in [-0.2, -0.15) is 0 Å². The van der Waals surface area contributed by atoms with Crippen LogP contribution in [0.2, 0.25) is 0 Å². The Balaban J connectivity index is 3.98. The summed E-state index contributed by atoms with van der Waals surface area (Å²) in [5.74, 6) is -2.25. The van der Waals surface area contributed by atoms with Gasteiger partial charge in [0.25, 0.3) is 0 Å². The molecule has 0 aliphatic carbocycles. The highest BCUT2D eigenvalue weighted by Gasteiger charge is 2.22. The van der Waals surface area contributed by atoms with E-state index in [1.165, 1.54) is 315 Å². The fourth-order valence-electron chi connectivity index (χ4n) is 11.7. The van der Waals surface area contributed by atoms with Crippen LogP contribution in [0.3, 0.4) is 0 Å². The van der Waals surface area contributed by atoms with Crippen LogP contribution >= 0.6 is 0 Å². The second-order valence-electron chi connectivity index (χ2n) is 27.7. The average Bonchev–Trinajstić information content (AvgIpc) is 3.54. The molecule has 0 aromatic rings. The number of esters is 2. The van der Waals surface area contributed by atoms with E-state index in [0.717, 1.165) is 51.4 Å². The zero-order valence-electron chi connectivity index (χ0n) is 59.4. The molecule has 0 N–H and O–H groups in total. The van der Waals surface area contributed by atoms with E-state index in [4.69, 9.17) is 18.9 Å². The number of allylic oxidation sites excluding steroid dienone is 6. The Hall–Kier alpha value is -2.49. The first-order valence-electron chi connectivity index (χ1n) is 38.6. The maximum Gasteiger partial charge on any atom is 0.306 e. The minimum atomic E-state index is -1.62. The van der Waals surface area contributed by atoms with Crippen LogP contribution in [0.25, 0.3) is 0 Å². The van der Waals surface area contributed by atoms with Gasteiger partial charge in [0.15, 0.2) is 12.4 Å². The number of rotatable bonds is 73. The van der Waals surface area contributed by atoms with Gasteiger partial charge in [-0.15, -0.1) is 0 Å². The van der Waals surface area contributed by atoms with Crippen LogP contribution < -0.4 is 5.11 Å². The first-order valence-corrected chi connectivity index (χ1v) is 38.6. The van der Waals surface area contributed by atoms with E-state index in [9.17, 15) is 19.5 Å². The molecule has 0 heterocycles. The number of ether oxygens (including phenoxy) is 4. The standard InChI is InChI=1S/C79H149NO8/c1-6-8-10-12-14-16-18-20-22-24-26-28-30-32-34-35-36-37-38-39-40-41-42-43-44-46-48-50-52-54-56-58-60-62-64-66-68-70-77(82)88-75(74-87-79(78(83)84)85-72-71-80(3,4)5)73-86-76(81)69-67-65-63-61-59-57-55-53-51-49-47-45-33-31-29-27-25-23-21-19-17-15-13-11-9-7-2/h18,20,24,26,30,32,75,79H,6-17,19,21-23,25,27-29,31,33-74H2,1-5H3/b20-18-,26-24-,32-30-. The van der Waals surface area contributed by atoms with Gasteiger partial charge in [-0.05, 0) is 51.4 Å². The van der Waals surface area contributed by atoms with Crippen molar-refractivity contribution in [3.8, 4) is 0 Å². The zero-order valence-corrected chi connectivity index (χ0v) is 59.4. The van der Waals surface area contributed by atoms with E-state index in [1.54, 1.807) is 0 Å². The summed E-state index contributed by atoms with van der Waals surface area (Å²) in [6.07, 6.45) is 86.9. The highest BCUT2D eigenvalue weighted by atomic mass is 16.7. The second kappa shape index (κ2) is 70.4. The van der Waals surface area contributed by atoms with Crippen LogP contribution in [0.15, 0.2) is 36.5 Å². The first-order chi connectivity index (χ1) is 43.1. The van der Waals surface area contributed by atoms with E-state index in [0.29, 0.717) is 17.4 Å². The molecule has 0 aliphatic rings. The molecule has 2 unspecified atom stereocenters. The molecule has 0 saturated carbocycles. The summed E-state index contributed by atoms with van der Waals surface area (Å²) in [5, 5.41) is 11.8. The Bertz CT molecular complexity index is 1540. The van der Waals surface area contributed by atoms with Crippen molar-refractivity contribution in [3.05, 3.63) is 36.5 Å². The molecule has 88 heavy (non-hydrogen) atoms. The smallest absolute Gasteiger partial charge is 0.306 e. The molecular weight excluding hydrogens is 1090 g/mol. The van der Waals surface area contributed by atoms with E-state index in [2.05, 4.69) is 50.3 Å². The Labute approximate surface area is 547 Å². The van der Waals surface area contributed by atoms with E-state index in [1.807, 2.05) is 21.1 Å². The third-order valence-corrected chi connectivity index (χ3v) is 17.6. The van der Waals surface area contributed by atoms with Gasteiger partial charge in [0, 0.05) is 12.8 Å². The van der Waals surface area contributed by atoms with Gasteiger partial charge in [0.2, 0.25) is 0 Å². The molecule has 2 atom stereocenters. The van der Waals surface area contributed by atoms with Gasteiger partial charge in [0.05, 0.1) is 40.3 Å². The predicted molar refractivity (Wildman–Crippen MR) is 376 cm³/mol. The third kappa shape index (κ3) is 71.0. The van der Waals surface area contributed by atoms with Gasteiger partial charge >= 0.3 is 11.9 Å². The maximum absolute atomic E-state index is 13.0. The Morgan fingerprint density at radius 3 is 0.909 bits per heavy atom. The zero-order chi connectivity index (χ0) is 64.0. The molecule has 0 rings (SSSR count). The van der Waals surface area contributed by atoms with Crippen LogP contribution in [-0.2, 0) is 33.3 Å². The fourth-order valence-corrected chi connectivity index (χ4v) is 11.7. The van der Waals surface area contributed by atoms with Crippen LogP contribution in [0.5, 0.6) is 0 Å². The highest BCUT2D eigenvalue weighted by Crippen LogP contribution is 2.20. The van der Waals surface area contributed by atoms with Crippen molar-refractivity contribution in [2.24, 2.45) is 0 Å². The molecule has 0 aromatic heterocycles. The molecule has 0 aliphatic heterocycles. The summed E-state index contributed by atoms with van der Waals surface area (Å²) < 4.78 is 22.9. The van der Waals surface area contributed by atoms with Crippen molar-refractivity contribution in [2.75, 3.05) is 47.5 Å². The van der Waals surface area contributed by atoms with Crippen LogP contribution in [-0.4, -0.2) is 82.3 Å². The van der Waals surface area contributed by atoms with E-state index < -0.39 is 24.3 Å². The Morgan fingerprint density at radius 2 is 0.614 bits per heavy atom. The normalized spacial score (nSPS) is 12.8. The molecular formula is C79H149NO8. The lowest BCUT2D eigenvalue weighted by molar-refractivity contribution is -0.870. The number of aliphatic carboxylic acids is 1. The summed E-state index contributed by atoms with van der Waals surface area (Å²) in [7, 11) is 5.95. The summed E-state index contributed by atoms with van der Waals surface area (Å²) in [4.78, 5) is 37.6. The number of carbonyl (C=O) groups is 3. The van der Waals surface area contributed by atoms with Crippen LogP contribution in [0, 0.1) is 0 Å². The molecule has 0 saturated heterocycles. The number of unbranched alkanes of at least 4 members (excludes halogenated alkanes) is 52. The molecule has 9 heteroatoms. The van der Waals surface area contributed by atoms with Crippen molar-refractivity contribution in [3.63, 3.8) is 0 Å². The molecule has 518 valence electrons. The summed E-state index contributed by atoms with van der Waals surface area (Å²) in [5.41, 5.74) is 0. The number of carbonyl (C=O) groups excluding carboxylic acids is 3. The molecule has 9 nitrogen and oxygen atoms in total. The van der Waals surface area contributed by atoms with E-state index >= 15 is 0 Å². The van der Waals surface area contributed by atoms with Crippen molar-refractivity contribution in [2.45, 2.75) is 405 Å². The van der Waals surface area contributed by atoms with Gasteiger partial charge < -0.3 is 33.3 Å². The van der Waals surface area contributed by atoms with E-state index in [-0.39, 0.29) is 32.2 Å². The molecule has 0 aromatic carbocycles. The van der Waals surface area contributed by atoms with Crippen molar-refractivity contribution < 1.29 is 42.9 Å². The lowest BCUT2D eigenvalue weighted by atomic mass is 10.0. The fraction of sp³-hybridized carbons (Fsp3) is 0.886. The summed E-state index contributed by atoms with van der Waals surface area (Å²) in [6.45, 7) is 4.82. The maximum atomic E-state index is 13.0. The molecule has 0 radical (unpaired) electrons. The average molecular weight is 1240 g/mol. The number of quaternary nitrogens is 1. The Morgan fingerprint density at radius 1 is 0.341 bits per heavy atom. The molecule has 0 spiro atoms. The number of hydrogen-bond donors (Lipinski definition) is 0. The largest absolute Gasteiger partial charge is 0.545 e. The summed E-state index contributed by atoms with van der Waals surface area (Å²) in [6, 6.07) is 0. The minimum absolute atomic E-state index is 0.151. The number of nitrogens with zero attached hydrogens (tertiary/aromatic N) is 1. The van der Waals surface area contributed by atoms with Crippen molar-refractivity contribution in [1.29, 1.82) is 0 Å². The lowest BCUT2D eigenvalue weighted by Crippen LogP contribution is -2.44. The number of hydrogen-bond acceptors (Lipinski definition) is 8. The SMILES string of the molecule is CCCCCCC/C=C\C/C=C\C/C=C\CCCCCCCCCCCCCCCCCCCCCCCCC(=O)OC(COC(=O)CCCCCCCCCCCCCCCCCCCCCCCCCCCC)COC(OCC[N+](C)(C)C)C(=O)[O-]. The molecule has 0 fully saturated rings. The Kier molecular flexibility index (Phi) is 68.4. The number of likely N-dealkylation sites (N-methyl/N-ethyl adjacent to an activating group) is 1. The lowest BCUT2D eigenvalue weighted by Gasteiger charge is -2.26. The van der Waals surface area contributed by atoms with Gasteiger partial charge in [-0.25, -0.2) is 0 Å². The number of carboxylic acid groups (broad SMARTS) is 1. The van der Waals surface area contributed by atoms with Gasteiger partial charge in [0.1, 0.15) is 13.2 Å². The van der Waals surface area contributed by atoms with Crippen molar-refractivity contribution >= 4 is 17.9 Å². The quantitative estimate of drug-likeness (QED) is 0.0195. The minimum Gasteiger partial charge on any atom is -0.545 e. The van der Waals surface area contributed by atoms with Gasteiger partial charge in [-0.1, -0.05) is 365 Å². The first kappa shape index (κ1) is 85.5. The van der Waals surface area contributed by atoms with Crippen molar-refractivity contribution in [1.82, 2.24) is 0 Å². The van der Waals surface area contributed by atoms with Crippen LogP contribution in [0.4, 0.5) is 0 Å². The molecule has 0 amide bonds. The predicted octanol–water partition coefficient (Wildman–Crippen LogP) is 23.0. The topological polar surface area (TPSA) is 111 Å². The monoisotopic (exact) mass is 1240 g/mol. The van der Waals surface area contributed by atoms with Crippen LogP contribution in [0.1, 0.15) is 393 Å². The van der Waals surface area contributed by atoms with Gasteiger partial charge in [-0.3, -0.25) is 9.59 Å². The molecule has 0 bridgehead atoms. The summed E-state index contributed by atoms with van der Waals surface area (Å²) >= 11 is 0. The highest BCUT2D eigenvalue weighted by molar-refractivity contribution is 5.70.